The number of fused-ring (bicyclic) bond motifs is 2. The van der Waals surface area contributed by atoms with Crippen molar-refractivity contribution in [2.24, 2.45) is 11.8 Å². The van der Waals surface area contributed by atoms with Gasteiger partial charge in [-0.05, 0) is 62.6 Å². The summed E-state index contributed by atoms with van der Waals surface area (Å²) in [4.78, 5) is 15.6. The first kappa shape index (κ1) is 18.1. The molecular weight excluding hydrogens is 332 g/mol. The molecule has 2 bridgehead atoms. The molecule has 5 unspecified atom stereocenters. The molecule has 27 heavy (non-hydrogen) atoms. The molecule has 2 aromatic rings. The highest BCUT2D eigenvalue weighted by atomic mass is 16.2. The lowest BCUT2D eigenvalue weighted by atomic mass is 9.79. The van der Waals surface area contributed by atoms with Crippen LogP contribution in [0.3, 0.4) is 0 Å². The summed E-state index contributed by atoms with van der Waals surface area (Å²) in [6.07, 6.45) is 3.85. The fourth-order valence-corrected chi connectivity index (χ4v) is 5.46. The standard InChI is InChI=1S/C24H30N2O/c1-3-26(24(27)17(2)25-21-12-8-5-9-13-21)23-20-15-14-19(16-20)22(23)18-10-6-4-7-11-18/h4-13,17,19-20,22-23,25H,3,14-16H2,1-2H3. The van der Waals surface area contributed by atoms with Crippen molar-refractivity contribution < 1.29 is 4.79 Å². The Morgan fingerprint density at radius 3 is 2.33 bits per heavy atom. The summed E-state index contributed by atoms with van der Waals surface area (Å²) in [5.41, 5.74) is 2.41. The number of rotatable bonds is 6. The van der Waals surface area contributed by atoms with Crippen LogP contribution >= 0.6 is 0 Å². The molecule has 1 N–H and O–H groups in total. The van der Waals surface area contributed by atoms with Crippen molar-refractivity contribution in [3.63, 3.8) is 0 Å². The Hall–Kier alpha value is -2.29. The second-order valence-electron chi connectivity index (χ2n) is 8.12. The lowest BCUT2D eigenvalue weighted by Crippen LogP contribution is -2.51. The van der Waals surface area contributed by atoms with Crippen LogP contribution < -0.4 is 5.32 Å². The lowest BCUT2D eigenvalue weighted by Gasteiger charge is -2.41. The van der Waals surface area contributed by atoms with Crippen LogP contribution in [0.1, 0.15) is 44.6 Å². The molecule has 2 aromatic carbocycles. The lowest BCUT2D eigenvalue weighted by molar-refractivity contribution is -0.135. The van der Waals surface area contributed by atoms with Crippen LogP contribution in [0.25, 0.3) is 0 Å². The van der Waals surface area contributed by atoms with Gasteiger partial charge in [0.05, 0.1) is 0 Å². The van der Waals surface area contributed by atoms with Crippen molar-refractivity contribution in [1.29, 1.82) is 0 Å². The third-order valence-corrected chi connectivity index (χ3v) is 6.57. The van der Waals surface area contributed by atoms with Gasteiger partial charge in [-0.15, -0.1) is 0 Å². The number of likely N-dealkylation sites (N-methyl/N-ethyl adjacent to an activating group) is 1. The van der Waals surface area contributed by atoms with Crippen LogP contribution in [0.5, 0.6) is 0 Å². The van der Waals surface area contributed by atoms with E-state index in [1.165, 1.54) is 24.8 Å². The maximum Gasteiger partial charge on any atom is 0.245 e. The Labute approximate surface area is 162 Å². The normalized spacial score (nSPS) is 27.3. The summed E-state index contributed by atoms with van der Waals surface area (Å²) in [5.74, 6) is 2.08. The van der Waals surface area contributed by atoms with Gasteiger partial charge in [0.25, 0.3) is 0 Å². The molecule has 2 aliphatic carbocycles. The molecule has 3 nitrogen and oxygen atoms in total. The number of nitrogens with zero attached hydrogens (tertiary/aromatic N) is 1. The SMILES string of the molecule is CCN(C(=O)C(C)Nc1ccccc1)C1C2CCC(C2)C1c1ccccc1. The van der Waals surface area contributed by atoms with Gasteiger partial charge in [0, 0.05) is 24.2 Å². The van der Waals surface area contributed by atoms with Crippen molar-refractivity contribution in [2.45, 2.75) is 51.1 Å². The third-order valence-electron chi connectivity index (χ3n) is 6.57. The minimum Gasteiger partial charge on any atom is -0.374 e. The highest BCUT2D eigenvalue weighted by Crippen LogP contribution is 2.54. The quantitative estimate of drug-likeness (QED) is 0.791. The first-order valence-electron chi connectivity index (χ1n) is 10.4. The Balaban J connectivity index is 1.56. The molecule has 0 aliphatic heterocycles. The first-order chi connectivity index (χ1) is 13.2. The second kappa shape index (κ2) is 7.75. The topological polar surface area (TPSA) is 32.3 Å². The average Bonchev–Trinajstić information content (AvgIpc) is 3.32. The number of hydrogen-bond acceptors (Lipinski definition) is 2. The minimum absolute atomic E-state index is 0.220. The fraction of sp³-hybridized carbons (Fsp3) is 0.458. The molecule has 0 aromatic heterocycles. The molecule has 5 atom stereocenters. The number of benzene rings is 2. The Bertz CT molecular complexity index is 760. The summed E-state index contributed by atoms with van der Waals surface area (Å²) in [5, 5.41) is 3.39. The zero-order chi connectivity index (χ0) is 18.8. The third kappa shape index (κ3) is 3.47. The summed E-state index contributed by atoms with van der Waals surface area (Å²) in [6.45, 7) is 4.89. The predicted octanol–water partition coefficient (Wildman–Crippen LogP) is 4.92. The number of para-hydroxylation sites is 1. The smallest absolute Gasteiger partial charge is 0.245 e. The van der Waals surface area contributed by atoms with Gasteiger partial charge >= 0.3 is 0 Å². The van der Waals surface area contributed by atoms with E-state index in [4.69, 9.17) is 0 Å². The van der Waals surface area contributed by atoms with Crippen LogP contribution in [0.2, 0.25) is 0 Å². The van der Waals surface area contributed by atoms with E-state index in [0.29, 0.717) is 17.9 Å². The van der Waals surface area contributed by atoms with E-state index < -0.39 is 0 Å². The maximum absolute atomic E-state index is 13.4. The van der Waals surface area contributed by atoms with Crippen molar-refractivity contribution in [2.75, 3.05) is 11.9 Å². The van der Waals surface area contributed by atoms with Gasteiger partial charge in [0.1, 0.15) is 6.04 Å². The molecule has 2 fully saturated rings. The number of anilines is 1. The van der Waals surface area contributed by atoms with E-state index in [9.17, 15) is 4.79 Å². The van der Waals surface area contributed by atoms with Crippen molar-refractivity contribution in [3.05, 3.63) is 66.2 Å². The largest absolute Gasteiger partial charge is 0.374 e. The van der Waals surface area contributed by atoms with Gasteiger partial charge in [0.15, 0.2) is 0 Å². The highest BCUT2D eigenvalue weighted by molar-refractivity contribution is 5.84. The van der Waals surface area contributed by atoms with Crippen molar-refractivity contribution in [1.82, 2.24) is 4.90 Å². The highest BCUT2D eigenvalue weighted by Gasteiger charge is 2.51. The average molecular weight is 363 g/mol. The van der Waals surface area contributed by atoms with Gasteiger partial charge in [-0.3, -0.25) is 4.79 Å². The number of nitrogens with one attached hydrogen (secondary N) is 1. The van der Waals surface area contributed by atoms with Gasteiger partial charge < -0.3 is 10.2 Å². The maximum atomic E-state index is 13.4. The van der Waals surface area contributed by atoms with Gasteiger partial charge in [-0.2, -0.15) is 0 Å². The number of carbonyl (C=O) groups is 1. The molecule has 0 spiro atoms. The minimum atomic E-state index is -0.220. The van der Waals surface area contributed by atoms with E-state index in [0.717, 1.165) is 18.2 Å². The monoisotopic (exact) mass is 362 g/mol. The molecule has 142 valence electrons. The number of hydrogen-bond donors (Lipinski definition) is 1. The predicted molar refractivity (Wildman–Crippen MR) is 111 cm³/mol. The second-order valence-corrected chi connectivity index (χ2v) is 8.12. The molecule has 0 saturated heterocycles. The number of carbonyl (C=O) groups excluding carboxylic acids is 1. The first-order valence-corrected chi connectivity index (χ1v) is 10.4. The van der Waals surface area contributed by atoms with E-state index in [1.807, 2.05) is 37.3 Å². The summed E-state index contributed by atoms with van der Waals surface area (Å²) in [6, 6.07) is 21.0. The Morgan fingerprint density at radius 2 is 1.67 bits per heavy atom. The van der Waals surface area contributed by atoms with Crippen LogP contribution in [0.15, 0.2) is 60.7 Å². The van der Waals surface area contributed by atoms with E-state index in [2.05, 4.69) is 47.5 Å². The molecular formula is C24H30N2O. The van der Waals surface area contributed by atoms with Crippen LogP contribution in [0, 0.1) is 11.8 Å². The zero-order valence-corrected chi connectivity index (χ0v) is 16.3. The van der Waals surface area contributed by atoms with Gasteiger partial charge in [-0.1, -0.05) is 48.5 Å². The molecule has 2 aliphatic rings. The zero-order valence-electron chi connectivity index (χ0n) is 16.3. The molecule has 0 radical (unpaired) electrons. The van der Waals surface area contributed by atoms with Crippen molar-refractivity contribution >= 4 is 11.6 Å². The van der Waals surface area contributed by atoms with Crippen LogP contribution in [0.4, 0.5) is 5.69 Å². The molecule has 2 saturated carbocycles. The molecule has 4 rings (SSSR count). The summed E-state index contributed by atoms with van der Waals surface area (Å²) >= 11 is 0. The number of amides is 1. The van der Waals surface area contributed by atoms with Gasteiger partial charge in [-0.25, -0.2) is 0 Å². The Kier molecular flexibility index (Phi) is 5.20. The van der Waals surface area contributed by atoms with E-state index in [1.54, 1.807) is 0 Å². The van der Waals surface area contributed by atoms with E-state index in [-0.39, 0.29) is 11.9 Å². The molecule has 3 heteroatoms. The Morgan fingerprint density at radius 1 is 1.04 bits per heavy atom. The van der Waals surface area contributed by atoms with E-state index >= 15 is 0 Å². The fourth-order valence-electron chi connectivity index (χ4n) is 5.46. The van der Waals surface area contributed by atoms with Gasteiger partial charge in [0.2, 0.25) is 5.91 Å². The van der Waals surface area contributed by atoms with Crippen molar-refractivity contribution in [3.8, 4) is 0 Å². The molecule has 1 amide bonds. The molecule has 0 heterocycles. The van der Waals surface area contributed by atoms with Crippen LogP contribution in [-0.2, 0) is 4.79 Å². The summed E-state index contributed by atoms with van der Waals surface area (Å²) in [7, 11) is 0. The van der Waals surface area contributed by atoms with Crippen LogP contribution in [-0.4, -0.2) is 29.4 Å². The summed E-state index contributed by atoms with van der Waals surface area (Å²) < 4.78 is 0.